The fourth-order valence-electron chi connectivity index (χ4n) is 4.25. The summed E-state index contributed by atoms with van der Waals surface area (Å²) in [7, 11) is 0. The van der Waals surface area contributed by atoms with Crippen LogP contribution in [0.1, 0.15) is 155 Å². The quantitative estimate of drug-likeness (QED) is 0.119. The number of hydrogen-bond acceptors (Lipinski definition) is 3. The summed E-state index contributed by atoms with van der Waals surface area (Å²) in [5.41, 5.74) is 0. The largest absolute Gasteiger partial charge is 0.394 e. The summed E-state index contributed by atoms with van der Waals surface area (Å²) in [6.45, 7) is 6.71. The van der Waals surface area contributed by atoms with Crippen molar-refractivity contribution < 1.29 is 14.6 Å². The fourth-order valence-corrected chi connectivity index (χ4v) is 4.25. The molecule has 0 saturated carbocycles. The molecule has 1 N–H and O–H groups in total. The first-order valence-electron chi connectivity index (χ1n) is 14.6. The zero-order valence-corrected chi connectivity index (χ0v) is 22.2. The van der Waals surface area contributed by atoms with Crippen molar-refractivity contribution in [3.63, 3.8) is 0 Å². The SMILES string of the molecule is CCCCCCCCCCCCCCO[C@@H](CO)COCCCCCCCCCCCC. The van der Waals surface area contributed by atoms with E-state index in [1.807, 2.05) is 0 Å². The average molecular weight is 457 g/mol. The third-order valence-electron chi connectivity index (χ3n) is 6.50. The minimum absolute atomic E-state index is 0.0658. The molecule has 0 amide bonds. The smallest absolute Gasteiger partial charge is 0.104 e. The summed E-state index contributed by atoms with van der Waals surface area (Å²) in [5.74, 6) is 0. The van der Waals surface area contributed by atoms with Gasteiger partial charge in [0, 0.05) is 13.2 Å². The van der Waals surface area contributed by atoms with E-state index < -0.39 is 0 Å². The second kappa shape index (κ2) is 28.9. The van der Waals surface area contributed by atoms with Gasteiger partial charge < -0.3 is 14.6 Å². The molecule has 1 atom stereocenters. The lowest BCUT2D eigenvalue weighted by Crippen LogP contribution is -2.24. The van der Waals surface area contributed by atoms with Crippen molar-refractivity contribution in [1.82, 2.24) is 0 Å². The number of hydrogen-bond donors (Lipinski definition) is 1. The first kappa shape index (κ1) is 31.9. The highest BCUT2D eigenvalue weighted by Crippen LogP contribution is 2.13. The molecular formula is C29H60O3. The lowest BCUT2D eigenvalue weighted by Gasteiger charge is -2.15. The van der Waals surface area contributed by atoms with E-state index in [9.17, 15) is 5.11 Å². The predicted octanol–water partition coefficient (Wildman–Crippen LogP) is 9.00. The molecule has 3 heteroatoms. The Labute approximate surface area is 202 Å². The lowest BCUT2D eigenvalue weighted by molar-refractivity contribution is -0.0437. The molecule has 0 radical (unpaired) electrons. The highest BCUT2D eigenvalue weighted by atomic mass is 16.5. The Morgan fingerprint density at radius 2 is 0.812 bits per heavy atom. The Hall–Kier alpha value is -0.120. The summed E-state index contributed by atoms with van der Waals surface area (Å²) < 4.78 is 11.5. The Balaban J connectivity index is 3.26. The van der Waals surface area contributed by atoms with E-state index in [4.69, 9.17) is 9.47 Å². The Kier molecular flexibility index (Phi) is 28.8. The van der Waals surface area contributed by atoms with Gasteiger partial charge in [0.1, 0.15) is 6.10 Å². The second-order valence-corrected chi connectivity index (χ2v) is 9.82. The van der Waals surface area contributed by atoms with Crippen molar-refractivity contribution in [2.24, 2.45) is 0 Å². The summed E-state index contributed by atoms with van der Waals surface area (Å²) in [5, 5.41) is 9.49. The number of aliphatic hydroxyl groups excluding tert-OH is 1. The maximum atomic E-state index is 9.49. The van der Waals surface area contributed by atoms with Crippen molar-refractivity contribution in [3.8, 4) is 0 Å². The third kappa shape index (κ3) is 26.1. The average Bonchev–Trinajstić information content (AvgIpc) is 2.81. The normalized spacial score (nSPS) is 12.5. The van der Waals surface area contributed by atoms with Gasteiger partial charge in [-0.25, -0.2) is 0 Å². The summed E-state index contributed by atoms with van der Waals surface area (Å²) in [4.78, 5) is 0. The van der Waals surface area contributed by atoms with Gasteiger partial charge in [-0.2, -0.15) is 0 Å². The number of ether oxygens (including phenoxy) is 2. The number of rotatable bonds is 28. The molecule has 32 heavy (non-hydrogen) atoms. The molecule has 0 saturated heterocycles. The van der Waals surface area contributed by atoms with E-state index in [0.717, 1.165) is 26.1 Å². The van der Waals surface area contributed by atoms with Crippen LogP contribution in [0.5, 0.6) is 0 Å². The number of aliphatic hydroxyl groups is 1. The van der Waals surface area contributed by atoms with Crippen LogP contribution in [-0.4, -0.2) is 37.6 Å². The predicted molar refractivity (Wildman–Crippen MR) is 141 cm³/mol. The first-order valence-corrected chi connectivity index (χ1v) is 14.6. The van der Waals surface area contributed by atoms with E-state index in [-0.39, 0.29) is 12.7 Å². The Morgan fingerprint density at radius 1 is 0.469 bits per heavy atom. The molecule has 0 bridgehead atoms. The van der Waals surface area contributed by atoms with Crippen LogP contribution >= 0.6 is 0 Å². The van der Waals surface area contributed by atoms with E-state index in [1.165, 1.54) is 128 Å². The fraction of sp³-hybridized carbons (Fsp3) is 1.00. The minimum atomic E-state index is -0.147. The van der Waals surface area contributed by atoms with Crippen LogP contribution in [0.25, 0.3) is 0 Å². The van der Waals surface area contributed by atoms with Gasteiger partial charge in [-0.15, -0.1) is 0 Å². The molecule has 0 unspecified atom stereocenters. The van der Waals surface area contributed by atoms with Crippen LogP contribution in [-0.2, 0) is 9.47 Å². The van der Waals surface area contributed by atoms with Crippen molar-refractivity contribution in [1.29, 1.82) is 0 Å². The molecule has 0 aliphatic rings. The molecule has 0 aromatic heterocycles. The molecule has 0 heterocycles. The van der Waals surface area contributed by atoms with Crippen molar-refractivity contribution in [2.45, 2.75) is 161 Å². The lowest BCUT2D eigenvalue weighted by atomic mass is 10.1. The monoisotopic (exact) mass is 456 g/mol. The summed E-state index contributed by atoms with van der Waals surface area (Å²) in [6.07, 6.45) is 29.6. The van der Waals surface area contributed by atoms with Crippen molar-refractivity contribution >= 4 is 0 Å². The van der Waals surface area contributed by atoms with Gasteiger partial charge in [0.05, 0.1) is 13.2 Å². The zero-order chi connectivity index (χ0) is 23.4. The highest BCUT2D eigenvalue weighted by Gasteiger charge is 2.07. The molecule has 0 aliphatic heterocycles. The van der Waals surface area contributed by atoms with Gasteiger partial charge in [0.15, 0.2) is 0 Å². The van der Waals surface area contributed by atoms with Crippen molar-refractivity contribution in [3.05, 3.63) is 0 Å². The van der Waals surface area contributed by atoms with Crippen LogP contribution < -0.4 is 0 Å². The molecule has 0 spiro atoms. The Bertz CT molecular complexity index is 322. The molecule has 0 aromatic rings. The maximum Gasteiger partial charge on any atom is 0.104 e. The molecule has 0 aromatic carbocycles. The van der Waals surface area contributed by atoms with Crippen LogP contribution in [0, 0.1) is 0 Å². The zero-order valence-electron chi connectivity index (χ0n) is 22.2. The summed E-state index contributed by atoms with van der Waals surface area (Å²) in [6, 6.07) is 0. The maximum absolute atomic E-state index is 9.49. The minimum Gasteiger partial charge on any atom is -0.394 e. The molecule has 194 valence electrons. The highest BCUT2D eigenvalue weighted by molar-refractivity contribution is 4.55. The van der Waals surface area contributed by atoms with Gasteiger partial charge in [-0.3, -0.25) is 0 Å². The van der Waals surface area contributed by atoms with E-state index in [0.29, 0.717) is 6.61 Å². The van der Waals surface area contributed by atoms with Gasteiger partial charge in [0.25, 0.3) is 0 Å². The summed E-state index contributed by atoms with van der Waals surface area (Å²) >= 11 is 0. The van der Waals surface area contributed by atoms with Gasteiger partial charge in [-0.1, -0.05) is 142 Å². The van der Waals surface area contributed by atoms with Crippen LogP contribution in [0.2, 0.25) is 0 Å². The van der Waals surface area contributed by atoms with Gasteiger partial charge in [-0.05, 0) is 12.8 Å². The molecule has 3 nitrogen and oxygen atoms in total. The second-order valence-electron chi connectivity index (χ2n) is 9.82. The molecule has 0 fully saturated rings. The van der Waals surface area contributed by atoms with E-state index >= 15 is 0 Å². The van der Waals surface area contributed by atoms with Gasteiger partial charge in [0.2, 0.25) is 0 Å². The topological polar surface area (TPSA) is 38.7 Å². The van der Waals surface area contributed by atoms with Crippen LogP contribution in [0.15, 0.2) is 0 Å². The number of unbranched alkanes of at least 4 members (excludes halogenated alkanes) is 20. The molecule has 0 rings (SSSR count). The van der Waals surface area contributed by atoms with E-state index in [1.54, 1.807) is 0 Å². The third-order valence-corrected chi connectivity index (χ3v) is 6.50. The van der Waals surface area contributed by atoms with Gasteiger partial charge >= 0.3 is 0 Å². The molecular weight excluding hydrogens is 396 g/mol. The van der Waals surface area contributed by atoms with Crippen LogP contribution in [0.3, 0.4) is 0 Å². The van der Waals surface area contributed by atoms with Crippen molar-refractivity contribution in [2.75, 3.05) is 26.4 Å². The van der Waals surface area contributed by atoms with E-state index in [2.05, 4.69) is 13.8 Å². The standard InChI is InChI=1S/C29H60O3/c1-3-5-7-9-11-13-15-16-18-20-22-24-26-32-29(27-30)28-31-25-23-21-19-17-14-12-10-8-6-4-2/h29-30H,3-28H2,1-2H3/t29-/m0/s1. The molecule has 0 aliphatic carbocycles. The van der Waals surface area contributed by atoms with Crippen LogP contribution in [0.4, 0.5) is 0 Å². The Morgan fingerprint density at radius 3 is 1.19 bits per heavy atom. The first-order chi connectivity index (χ1) is 15.8.